The van der Waals surface area contributed by atoms with Crippen molar-refractivity contribution in [1.29, 1.82) is 0 Å². The summed E-state index contributed by atoms with van der Waals surface area (Å²) >= 11 is 3.29. The molecule has 2 N–H and O–H groups in total. The number of anilines is 1. The monoisotopic (exact) mass is 362 g/mol. The minimum atomic E-state index is -0.622. The van der Waals surface area contributed by atoms with Crippen molar-refractivity contribution in [3.63, 3.8) is 0 Å². The Morgan fingerprint density at radius 2 is 1.91 bits per heavy atom. The first kappa shape index (κ1) is 15.7. The van der Waals surface area contributed by atoms with Gasteiger partial charge in [0.15, 0.2) is 0 Å². The van der Waals surface area contributed by atoms with E-state index in [4.69, 9.17) is 0 Å². The van der Waals surface area contributed by atoms with E-state index in [-0.39, 0.29) is 11.3 Å². The second kappa shape index (κ2) is 6.86. The predicted octanol–water partition coefficient (Wildman–Crippen LogP) is 3.65. The van der Waals surface area contributed by atoms with E-state index in [1.165, 1.54) is 24.3 Å². The molecule has 0 saturated carbocycles. The van der Waals surface area contributed by atoms with Crippen LogP contribution in [0.4, 0.5) is 5.69 Å². The highest BCUT2D eigenvalue weighted by Crippen LogP contribution is 2.20. The van der Waals surface area contributed by atoms with Crippen LogP contribution < -0.4 is 5.32 Å². The van der Waals surface area contributed by atoms with Gasteiger partial charge < -0.3 is 10.4 Å². The Labute approximate surface area is 134 Å². The van der Waals surface area contributed by atoms with Crippen LogP contribution >= 0.6 is 15.9 Å². The zero-order valence-electron chi connectivity index (χ0n) is 11.2. The van der Waals surface area contributed by atoms with E-state index in [2.05, 4.69) is 21.2 Å². The van der Waals surface area contributed by atoms with E-state index in [0.29, 0.717) is 11.3 Å². The Bertz CT molecular complexity index is 742. The summed E-state index contributed by atoms with van der Waals surface area (Å²) in [5.74, 6) is -0.569. The number of benzene rings is 2. The fourth-order valence-electron chi connectivity index (χ4n) is 1.76. The van der Waals surface area contributed by atoms with Crippen molar-refractivity contribution < 1.29 is 14.8 Å². The number of rotatable bonds is 4. The molecule has 2 rings (SSSR count). The molecule has 0 aliphatic carbocycles. The van der Waals surface area contributed by atoms with Crippen LogP contribution in [0.3, 0.4) is 0 Å². The van der Waals surface area contributed by atoms with E-state index in [1.807, 2.05) is 0 Å². The molecule has 0 aromatic heterocycles. The van der Waals surface area contributed by atoms with Crippen molar-refractivity contribution >= 4 is 33.6 Å². The van der Waals surface area contributed by atoms with Crippen molar-refractivity contribution in [3.05, 3.63) is 74.4 Å². The highest BCUT2D eigenvalue weighted by Gasteiger charge is 2.12. The van der Waals surface area contributed by atoms with Crippen molar-refractivity contribution in [2.45, 2.75) is 0 Å². The summed E-state index contributed by atoms with van der Waals surface area (Å²) in [4.78, 5) is 22.1. The van der Waals surface area contributed by atoms with Gasteiger partial charge in [0.1, 0.15) is 5.75 Å². The molecule has 0 saturated heterocycles. The molecule has 0 fully saturated rings. The lowest BCUT2D eigenvalue weighted by atomic mass is 10.1. The molecule has 22 heavy (non-hydrogen) atoms. The van der Waals surface area contributed by atoms with Crippen LogP contribution in [-0.2, 0) is 0 Å². The number of aromatic hydroxyl groups is 1. The Balaban J connectivity index is 2.29. The summed E-state index contributed by atoms with van der Waals surface area (Å²) in [5.41, 5.74) is 1.05. The highest BCUT2D eigenvalue weighted by atomic mass is 79.9. The van der Waals surface area contributed by atoms with Crippen molar-refractivity contribution in [1.82, 2.24) is 0 Å². The lowest BCUT2D eigenvalue weighted by molar-refractivity contribution is -0.400. The number of halogens is 1. The van der Waals surface area contributed by atoms with Crippen LogP contribution in [0, 0.1) is 10.1 Å². The van der Waals surface area contributed by atoms with Crippen LogP contribution in [0.25, 0.3) is 6.08 Å². The van der Waals surface area contributed by atoms with E-state index < -0.39 is 10.8 Å². The summed E-state index contributed by atoms with van der Waals surface area (Å²) in [7, 11) is 0. The van der Waals surface area contributed by atoms with Gasteiger partial charge in [-0.3, -0.25) is 14.9 Å². The first-order valence-corrected chi connectivity index (χ1v) is 6.96. The van der Waals surface area contributed by atoms with Gasteiger partial charge in [0.2, 0.25) is 6.20 Å². The van der Waals surface area contributed by atoms with Gasteiger partial charge in [-0.25, -0.2) is 0 Å². The zero-order chi connectivity index (χ0) is 16.1. The second-order valence-corrected chi connectivity index (χ2v) is 5.25. The average Bonchev–Trinajstić information content (AvgIpc) is 2.48. The molecule has 2 aromatic rings. The molecular formula is C15H11BrN2O4. The molecule has 0 radical (unpaired) electrons. The van der Waals surface area contributed by atoms with Gasteiger partial charge in [-0.1, -0.05) is 22.0 Å². The molecule has 0 heterocycles. The minimum Gasteiger partial charge on any atom is -0.508 e. The lowest BCUT2D eigenvalue weighted by Crippen LogP contribution is -2.13. The van der Waals surface area contributed by atoms with Crippen LogP contribution in [0.15, 0.2) is 53.1 Å². The Morgan fingerprint density at radius 1 is 1.23 bits per heavy atom. The summed E-state index contributed by atoms with van der Waals surface area (Å²) < 4.78 is 0.873. The van der Waals surface area contributed by atoms with E-state index in [0.717, 1.165) is 10.7 Å². The number of phenolic OH excluding ortho intramolecular Hbond substituents is 1. The molecule has 0 spiro atoms. The number of hydrogen-bond donors (Lipinski definition) is 2. The number of phenols is 1. The molecular weight excluding hydrogens is 352 g/mol. The summed E-state index contributed by atoms with van der Waals surface area (Å²) in [5, 5.41) is 22.6. The molecule has 0 aliphatic heterocycles. The number of nitrogens with zero attached hydrogens (tertiary/aromatic N) is 1. The van der Waals surface area contributed by atoms with Gasteiger partial charge in [-0.2, -0.15) is 0 Å². The summed E-state index contributed by atoms with van der Waals surface area (Å²) in [6.45, 7) is 0. The second-order valence-electron chi connectivity index (χ2n) is 4.33. The van der Waals surface area contributed by atoms with Gasteiger partial charge in [0.25, 0.3) is 5.91 Å². The van der Waals surface area contributed by atoms with Crippen molar-refractivity contribution in [2.24, 2.45) is 0 Å². The Morgan fingerprint density at radius 3 is 2.55 bits per heavy atom. The first-order valence-electron chi connectivity index (χ1n) is 6.17. The number of carbonyl (C=O) groups excluding carboxylic acids is 1. The normalized spacial score (nSPS) is 10.6. The molecule has 0 aliphatic rings. The van der Waals surface area contributed by atoms with Gasteiger partial charge in [-0.05, 0) is 42.0 Å². The van der Waals surface area contributed by atoms with Crippen molar-refractivity contribution in [3.8, 4) is 5.75 Å². The highest BCUT2D eigenvalue weighted by molar-refractivity contribution is 9.10. The number of nitrogens with one attached hydrogen (secondary N) is 1. The van der Waals surface area contributed by atoms with Crippen molar-refractivity contribution in [2.75, 3.05) is 5.32 Å². The van der Waals surface area contributed by atoms with E-state index >= 15 is 0 Å². The van der Waals surface area contributed by atoms with Crippen LogP contribution in [0.2, 0.25) is 0 Å². The van der Waals surface area contributed by atoms with Gasteiger partial charge in [0.05, 0.1) is 10.5 Å². The molecule has 0 atom stereocenters. The fraction of sp³-hybridized carbons (Fsp3) is 0. The van der Waals surface area contributed by atoms with E-state index in [1.54, 1.807) is 24.3 Å². The number of amides is 1. The predicted molar refractivity (Wildman–Crippen MR) is 86.2 cm³/mol. The summed E-state index contributed by atoms with van der Waals surface area (Å²) in [6, 6.07) is 11.0. The number of carbonyl (C=O) groups is 1. The third kappa shape index (κ3) is 4.16. The number of nitro groups is 1. The minimum absolute atomic E-state index is 0.0980. The molecule has 2 aromatic carbocycles. The molecule has 7 heteroatoms. The maximum Gasteiger partial charge on any atom is 0.256 e. The molecule has 0 unspecified atom stereocenters. The molecule has 1 amide bonds. The Kier molecular flexibility index (Phi) is 4.90. The molecule has 6 nitrogen and oxygen atoms in total. The quantitative estimate of drug-likeness (QED) is 0.641. The van der Waals surface area contributed by atoms with Gasteiger partial charge >= 0.3 is 0 Å². The summed E-state index contributed by atoms with van der Waals surface area (Å²) in [6.07, 6.45) is 1.94. The maximum atomic E-state index is 12.3. The largest absolute Gasteiger partial charge is 0.508 e. The fourth-order valence-corrected chi connectivity index (χ4v) is 2.02. The van der Waals surface area contributed by atoms with Crippen LogP contribution in [0.5, 0.6) is 5.75 Å². The smallest absolute Gasteiger partial charge is 0.256 e. The molecule has 0 bridgehead atoms. The van der Waals surface area contributed by atoms with Crippen LogP contribution in [-0.4, -0.2) is 15.9 Å². The molecule has 112 valence electrons. The average molecular weight is 363 g/mol. The first-order chi connectivity index (χ1) is 10.5. The zero-order valence-corrected chi connectivity index (χ0v) is 12.8. The van der Waals surface area contributed by atoms with E-state index in [9.17, 15) is 20.0 Å². The maximum absolute atomic E-state index is 12.3. The number of hydrogen-bond acceptors (Lipinski definition) is 4. The van der Waals surface area contributed by atoms with Gasteiger partial charge in [0, 0.05) is 16.2 Å². The third-order valence-corrected chi connectivity index (χ3v) is 3.29. The third-order valence-electron chi connectivity index (χ3n) is 2.76. The van der Waals surface area contributed by atoms with Crippen LogP contribution in [0.1, 0.15) is 15.9 Å². The standard InChI is InChI=1S/C15H11BrN2O4/c16-11-2-4-12(5-3-11)17-15(20)14-9-13(19)6-1-10(14)7-8-18(21)22/h1-9,19H,(H,17,20). The topological polar surface area (TPSA) is 92.5 Å². The SMILES string of the molecule is O=C(Nc1ccc(Br)cc1)c1cc(O)ccc1C=C[N+](=O)[O-]. The van der Waals surface area contributed by atoms with Gasteiger partial charge in [-0.15, -0.1) is 0 Å². The lowest BCUT2D eigenvalue weighted by Gasteiger charge is -2.08. The Hall–Kier alpha value is -2.67.